The number of hydrogen-bond acceptors (Lipinski definition) is 6. The molecule has 1 aromatic rings. The van der Waals surface area contributed by atoms with Crippen LogP contribution in [0.5, 0.6) is 11.5 Å². The van der Waals surface area contributed by atoms with Gasteiger partial charge in [-0.2, -0.15) is 0 Å². The minimum Gasteiger partial charge on any atom is -0.504 e. The molecule has 0 aliphatic heterocycles. The van der Waals surface area contributed by atoms with Gasteiger partial charge in [0.15, 0.2) is 11.5 Å². The SMILES string of the molecule is CC(C)OC(=O)C(=Cc1cccc(O)c1O)C(=O)OC(C)C. The van der Waals surface area contributed by atoms with Crippen molar-refractivity contribution in [2.75, 3.05) is 0 Å². The van der Waals surface area contributed by atoms with Crippen molar-refractivity contribution < 1.29 is 29.3 Å². The third-order valence-electron chi connectivity index (χ3n) is 2.47. The van der Waals surface area contributed by atoms with Crippen molar-refractivity contribution in [2.24, 2.45) is 0 Å². The van der Waals surface area contributed by atoms with E-state index in [1.165, 1.54) is 18.2 Å². The Morgan fingerprint density at radius 1 is 1.00 bits per heavy atom. The van der Waals surface area contributed by atoms with Gasteiger partial charge in [-0.15, -0.1) is 0 Å². The van der Waals surface area contributed by atoms with Gasteiger partial charge in [-0.25, -0.2) is 9.59 Å². The van der Waals surface area contributed by atoms with E-state index in [2.05, 4.69) is 0 Å². The van der Waals surface area contributed by atoms with Gasteiger partial charge < -0.3 is 19.7 Å². The highest BCUT2D eigenvalue weighted by atomic mass is 16.6. The van der Waals surface area contributed by atoms with Gasteiger partial charge in [0, 0.05) is 5.56 Å². The van der Waals surface area contributed by atoms with Gasteiger partial charge in [0.1, 0.15) is 5.57 Å². The van der Waals surface area contributed by atoms with Crippen LogP contribution in [0.2, 0.25) is 0 Å². The summed E-state index contributed by atoms with van der Waals surface area (Å²) in [5, 5.41) is 19.2. The number of carbonyl (C=O) groups is 2. The van der Waals surface area contributed by atoms with E-state index in [9.17, 15) is 19.8 Å². The molecule has 0 saturated carbocycles. The number of phenols is 2. The lowest BCUT2D eigenvalue weighted by Crippen LogP contribution is -2.23. The fourth-order valence-corrected chi connectivity index (χ4v) is 1.58. The zero-order valence-corrected chi connectivity index (χ0v) is 13.0. The molecular formula is C16H20O6. The molecule has 6 heteroatoms. The number of aromatic hydroxyl groups is 2. The average molecular weight is 308 g/mol. The van der Waals surface area contributed by atoms with Crippen LogP contribution in [0.3, 0.4) is 0 Å². The van der Waals surface area contributed by atoms with E-state index in [4.69, 9.17) is 9.47 Å². The van der Waals surface area contributed by atoms with Crippen LogP contribution in [0.1, 0.15) is 33.3 Å². The standard InChI is InChI=1S/C16H20O6/c1-9(2)21-15(19)12(16(20)22-10(3)4)8-11-6-5-7-13(17)14(11)18/h5-10,17-18H,1-4H3. The van der Waals surface area contributed by atoms with Gasteiger partial charge in [0.25, 0.3) is 0 Å². The topological polar surface area (TPSA) is 93.1 Å². The largest absolute Gasteiger partial charge is 0.504 e. The van der Waals surface area contributed by atoms with E-state index in [0.29, 0.717) is 0 Å². The van der Waals surface area contributed by atoms with E-state index in [1.54, 1.807) is 27.7 Å². The van der Waals surface area contributed by atoms with E-state index in [0.717, 1.165) is 6.08 Å². The Labute approximate surface area is 129 Å². The molecule has 1 rings (SSSR count). The number of para-hydroxylation sites is 1. The van der Waals surface area contributed by atoms with Crippen molar-refractivity contribution in [2.45, 2.75) is 39.9 Å². The van der Waals surface area contributed by atoms with Crippen LogP contribution in [0, 0.1) is 0 Å². The number of carbonyl (C=O) groups excluding carboxylic acids is 2. The van der Waals surface area contributed by atoms with E-state index in [-0.39, 0.29) is 16.9 Å². The van der Waals surface area contributed by atoms with Gasteiger partial charge >= 0.3 is 11.9 Å². The summed E-state index contributed by atoms with van der Waals surface area (Å²) < 4.78 is 10.0. The first-order valence-corrected chi connectivity index (χ1v) is 6.87. The molecule has 120 valence electrons. The smallest absolute Gasteiger partial charge is 0.345 e. The molecule has 6 nitrogen and oxygen atoms in total. The van der Waals surface area contributed by atoms with Gasteiger partial charge in [0.2, 0.25) is 0 Å². The lowest BCUT2D eigenvalue weighted by molar-refractivity contribution is -0.150. The van der Waals surface area contributed by atoms with Crippen LogP contribution in [0.25, 0.3) is 6.08 Å². The van der Waals surface area contributed by atoms with Crippen molar-refractivity contribution in [3.05, 3.63) is 29.3 Å². The Bertz CT molecular complexity index is 562. The highest BCUT2D eigenvalue weighted by molar-refractivity contribution is 6.18. The zero-order valence-electron chi connectivity index (χ0n) is 13.0. The van der Waals surface area contributed by atoms with Crippen molar-refractivity contribution in [1.82, 2.24) is 0 Å². The number of phenolic OH excluding ortho intramolecular Hbond substituents is 2. The minimum atomic E-state index is -0.858. The molecule has 0 aliphatic rings. The van der Waals surface area contributed by atoms with E-state index >= 15 is 0 Å². The number of hydrogen-bond donors (Lipinski definition) is 2. The molecular weight excluding hydrogens is 288 g/mol. The minimum absolute atomic E-state index is 0.108. The molecule has 0 aliphatic carbocycles. The number of rotatable bonds is 5. The highest BCUT2D eigenvalue weighted by Gasteiger charge is 2.24. The molecule has 0 heterocycles. The van der Waals surface area contributed by atoms with Crippen LogP contribution in [0.4, 0.5) is 0 Å². The molecule has 0 radical (unpaired) electrons. The Morgan fingerprint density at radius 3 is 1.95 bits per heavy atom. The van der Waals surface area contributed by atoms with Crippen molar-refractivity contribution >= 4 is 18.0 Å². The van der Waals surface area contributed by atoms with Crippen LogP contribution >= 0.6 is 0 Å². The Kier molecular flexibility index (Phi) is 5.98. The second-order valence-electron chi connectivity index (χ2n) is 5.18. The fourth-order valence-electron chi connectivity index (χ4n) is 1.58. The molecule has 0 amide bonds. The highest BCUT2D eigenvalue weighted by Crippen LogP contribution is 2.30. The summed E-state index contributed by atoms with van der Waals surface area (Å²) in [5.41, 5.74) is -0.250. The summed E-state index contributed by atoms with van der Waals surface area (Å²) in [7, 11) is 0. The molecule has 0 aromatic heterocycles. The second-order valence-corrected chi connectivity index (χ2v) is 5.18. The number of esters is 2. The van der Waals surface area contributed by atoms with Gasteiger partial charge in [-0.3, -0.25) is 0 Å². The molecule has 0 bridgehead atoms. The fraction of sp³-hybridized carbons (Fsp3) is 0.375. The summed E-state index contributed by atoms with van der Waals surface area (Å²) >= 11 is 0. The Morgan fingerprint density at radius 2 is 1.50 bits per heavy atom. The summed E-state index contributed by atoms with van der Waals surface area (Å²) in [6.45, 7) is 6.59. The lowest BCUT2D eigenvalue weighted by atomic mass is 10.1. The van der Waals surface area contributed by atoms with Gasteiger partial charge in [-0.05, 0) is 39.8 Å². The quantitative estimate of drug-likeness (QED) is 0.285. The van der Waals surface area contributed by atoms with Crippen molar-refractivity contribution in [3.63, 3.8) is 0 Å². The maximum Gasteiger partial charge on any atom is 0.345 e. The normalized spacial score (nSPS) is 10.5. The van der Waals surface area contributed by atoms with Crippen LogP contribution in [0.15, 0.2) is 23.8 Å². The first kappa shape index (κ1) is 17.6. The molecule has 1 aromatic carbocycles. The van der Waals surface area contributed by atoms with Crippen molar-refractivity contribution in [1.29, 1.82) is 0 Å². The third kappa shape index (κ3) is 4.80. The number of benzene rings is 1. The van der Waals surface area contributed by atoms with E-state index in [1.807, 2.05) is 0 Å². The molecule has 2 N–H and O–H groups in total. The monoisotopic (exact) mass is 308 g/mol. The van der Waals surface area contributed by atoms with Crippen LogP contribution in [-0.4, -0.2) is 34.4 Å². The lowest BCUT2D eigenvalue weighted by Gasteiger charge is -2.13. The summed E-state index contributed by atoms with van der Waals surface area (Å²) in [4.78, 5) is 24.1. The Hall–Kier alpha value is -2.50. The van der Waals surface area contributed by atoms with Gasteiger partial charge in [0.05, 0.1) is 12.2 Å². The molecule has 0 saturated heterocycles. The maximum absolute atomic E-state index is 12.0. The predicted octanol–water partition coefficient (Wildman–Crippen LogP) is 2.38. The van der Waals surface area contributed by atoms with Crippen LogP contribution in [-0.2, 0) is 19.1 Å². The van der Waals surface area contributed by atoms with E-state index < -0.39 is 29.9 Å². The Balaban J connectivity index is 3.24. The summed E-state index contributed by atoms with van der Waals surface area (Å²) in [6, 6.07) is 4.20. The van der Waals surface area contributed by atoms with Crippen molar-refractivity contribution in [3.8, 4) is 11.5 Å². The predicted molar refractivity (Wildman–Crippen MR) is 80.2 cm³/mol. The first-order chi connectivity index (χ1) is 10.2. The molecule has 0 unspecified atom stereocenters. The van der Waals surface area contributed by atoms with Gasteiger partial charge in [-0.1, -0.05) is 12.1 Å². The molecule has 0 fully saturated rings. The maximum atomic E-state index is 12.0. The molecule has 0 spiro atoms. The first-order valence-electron chi connectivity index (χ1n) is 6.87. The third-order valence-corrected chi connectivity index (χ3v) is 2.47. The van der Waals surface area contributed by atoms with Crippen LogP contribution < -0.4 is 0 Å². The molecule has 0 atom stereocenters. The number of ether oxygens (including phenoxy) is 2. The summed E-state index contributed by atoms with van der Waals surface area (Å²) in [6.07, 6.45) is 0.297. The second kappa shape index (κ2) is 7.49. The average Bonchev–Trinajstić information content (AvgIpc) is 2.38. The summed E-state index contributed by atoms with van der Waals surface area (Å²) in [5.74, 6) is -2.51. The zero-order chi connectivity index (χ0) is 16.9. The molecule has 22 heavy (non-hydrogen) atoms.